The third kappa shape index (κ3) is 3.29. The summed E-state index contributed by atoms with van der Waals surface area (Å²) in [5, 5.41) is 0. The fourth-order valence-corrected chi connectivity index (χ4v) is 2.75. The van der Waals surface area contributed by atoms with Gasteiger partial charge in [-0.2, -0.15) is 8.78 Å². The van der Waals surface area contributed by atoms with E-state index in [1.165, 1.54) is 0 Å². The monoisotopic (exact) mass is 336 g/mol. The highest BCUT2D eigenvalue weighted by Gasteiger charge is 2.13. The van der Waals surface area contributed by atoms with Gasteiger partial charge in [-0.3, -0.25) is 0 Å². The van der Waals surface area contributed by atoms with Gasteiger partial charge in [0.25, 0.3) is 0 Å². The van der Waals surface area contributed by atoms with Gasteiger partial charge in [-0.15, -0.1) is 11.6 Å². The lowest BCUT2D eigenvalue weighted by Gasteiger charge is -2.13. The summed E-state index contributed by atoms with van der Waals surface area (Å²) in [4.78, 5) is 4.51. The minimum Gasteiger partial charge on any atom is -0.434 e. The fourth-order valence-electron chi connectivity index (χ4n) is 2.59. The molecule has 6 heteroatoms. The van der Waals surface area contributed by atoms with E-state index in [-0.39, 0.29) is 5.75 Å². The van der Waals surface area contributed by atoms with Crippen LogP contribution in [0.5, 0.6) is 5.75 Å². The smallest absolute Gasteiger partial charge is 0.387 e. The number of para-hydroxylation sites is 1. The van der Waals surface area contributed by atoms with E-state index in [2.05, 4.69) is 9.72 Å². The van der Waals surface area contributed by atoms with Gasteiger partial charge in [-0.05, 0) is 30.7 Å². The minimum atomic E-state index is -2.85. The van der Waals surface area contributed by atoms with Gasteiger partial charge in [0.2, 0.25) is 0 Å². The molecule has 0 aliphatic heterocycles. The number of aryl methyl sites for hydroxylation is 1. The van der Waals surface area contributed by atoms with Crippen molar-refractivity contribution in [2.45, 2.75) is 26.0 Å². The third-order valence-electron chi connectivity index (χ3n) is 3.67. The average molecular weight is 337 g/mol. The Bertz CT molecular complexity index is 833. The molecule has 0 aliphatic rings. The molecule has 0 amide bonds. The molecule has 0 N–H and O–H groups in total. The molecule has 0 saturated heterocycles. The van der Waals surface area contributed by atoms with Crippen LogP contribution in [0.4, 0.5) is 8.78 Å². The molecule has 0 bridgehead atoms. The first-order valence-corrected chi connectivity index (χ1v) is 7.66. The molecule has 1 aromatic heterocycles. The van der Waals surface area contributed by atoms with E-state index in [1.54, 1.807) is 24.3 Å². The van der Waals surface area contributed by atoms with Gasteiger partial charge in [0.1, 0.15) is 11.6 Å². The third-order valence-corrected chi connectivity index (χ3v) is 3.98. The minimum absolute atomic E-state index is 0.178. The van der Waals surface area contributed by atoms with Crippen LogP contribution in [0.2, 0.25) is 0 Å². The van der Waals surface area contributed by atoms with E-state index in [4.69, 9.17) is 11.6 Å². The number of hydrogen-bond acceptors (Lipinski definition) is 2. The molecule has 1 heterocycles. The van der Waals surface area contributed by atoms with Crippen LogP contribution in [0.3, 0.4) is 0 Å². The van der Waals surface area contributed by atoms with E-state index < -0.39 is 6.61 Å². The second kappa shape index (κ2) is 6.54. The van der Waals surface area contributed by atoms with Crippen molar-refractivity contribution in [2.75, 3.05) is 0 Å². The number of alkyl halides is 3. The number of hydrogen-bond donors (Lipinski definition) is 0. The molecule has 0 radical (unpaired) electrons. The molecular weight excluding hydrogens is 322 g/mol. The van der Waals surface area contributed by atoms with Gasteiger partial charge < -0.3 is 9.30 Å². The van der Waals surface area contributed by atoms with Crippen molar-refractivity contribution in [3.8, 4) is 5.75 Å². The Morgan fingerprint density at radius 2 is 2.00 bits per heavy atom. The van der Waals surface area contributed by atoms with Crippen LogP contribution in [0.1, 0.15) is 17.0 Å². The van der Waals surface area contributed by atoms with Gasteiger partial charge in [0.15, 0.2) is 0 Å². The summed E-state index contributed by atoms with van der Waals surface area (Å²) < 4.78 is 31.7. The number of benzene rings is 2. The summed E-state index contributed by atoms with van der Waals surface area (Å²) in [5.74, 6) is 1.39. The molecule has 0 unspecified atom stereocenters. The second-order valence-electron chi connectivity index (χ2n) is 5.19. The van der Waals surface area contributed by atoms with Crippen LogP contribution in [-0.4, -0.2) is 16.2 Å². The maximum absolute atomic E-state index is 12.6. The normalized spacial score (nSPS) is 11.3. The molecule has 3 nitrogen and oxygen atoms in total. The number of fused-ring (bicyclic) bond motifs is 1. The van der Waals surface area contributed by atoms with Crippen molar-refractivity contribution in [1.82, 2.24) is 9.55 Å². The number of rotatable bonds is 5. The van der Waals surface area contributed by atoms with Crippen molar-refractivity contribution in [3.05, 3.63) is 59.4 Å². The number of halogens is 3. The number of ether oxygens (including phenoxy) is 1. The fraction of sp³-hybridized carbons (Fsp3) is 0.235. The zero-order valence-corrected chi connectivity index (χ0v) is 13.2. The van der Waals surface area contributed by atoms with Gasteiger partial charge in [-0.25, -0.2) is 4.98 Å². The zero-order chi connectivity index (χ0) is 16.4. The summed E-state index contributed by atoms with van der Waals surface area (Å²) >= 11 is 5.90. The SMILES string of the molecule is Cc1nc2ccc(CCl)cc2n1Cc1ccccc1OC(F)F. The van der Waals surface area contributed by atoms with Crippen LogP contribution >= 0.6 is 11.6 Å². The Balaban J connectivity index is 2.03. The van der Waals surface area contributed by atoms with Crippen molar-refractivity contribution < 1.29 is 13.5 Å². The molecule has 120 valence electrons. The van der Waals surface area contributed by atoms with Crippen molar-refractivity contribution in [2.24, 2.45) is 0 Å². The number of nitrogens with zero attached hydrogens (tertiary/aromatic N) is 2. The van der Waals surface area contributed by atoms with Crippen LogP contribution in [0.15, 0.2) is 42.5 Å². The molecular formula is C17H15ClF2N2O. The molecule has 0 atom stereocenters. The van der Waals surface area contributed by atoms with Crippen LogP contribution in [0.25, 0.3) is 11.0 Å². The molecule has 0 aliphatic carbocycles. The van der Waals surface area contributed by atoms with Gasteiger partial charge >= 0.3 is 6.61 Å². The van der Waals surface area contributed by atoms with Gasteiger partial charge in [0, 0.05) is 11.4 Å². The lowest BCUT2D eigenvalue weighted by Crippen LogP contribution is -2.08. The standard InChI is InChI=1S/C17H15ClF2N2O/c1-11-21-14-7-6-12(9-18)8-15(14)22(11)10-13-4-2-3-5-16(13)23-17(19)20/h2-8,17H,9-10H2,1H3. The maximum atomic E-state index is 12.6. The lowest BCUT2D eigenvalue weighted by atomic mass is 10.2. The summed E-state index contributed by atoms with van der Waals surface area (Å²) in [6.07, 6.45) is 0. The van der Waals surface area contributed by atoms with E-state index in [0.717, 1.165) is 22.4 Å². The molecule has 2 aromatic carbocycles. The Labute approximate surface area is 137 Å². The first-order chi connectivity index (χ1) is 11.1. The lowest BCUT2D eigenvalue weighted by molar-refractivity contribution is -0.0504. The number of imidazole rings is 1. The molecule has 0 saturated carbocycles. The number of aromatic nitrogens is 2. The molecule has 0 fully saturated rings. The zero-order valence-electron chi connectivity index (χ0n) is 12.5. The van der Waals surface area contributed by atoms with Gasteiger partial charge in [0.05, 0.1) is 17.6 Å². The van der Waals surface area contributed by atoms with Crippen molar-refractivity contribution in [3.63, 3.8) is 0 Å². The largest absolute Gasteiger partial charge is 0.434 e. The average Bonchev–Trinajstić information content (AvgIpc) is 2.84. The predicted octanol–water partition coefficient (Wildman–Crippen LogP) is 4.73. The maximum Gasteiger partial charge on any atom is 0.387 e. The molecule has 0 spiro atoms. The first kappa shape index (κ1) is 15.7. The summed E-state index contributed by atoms with van der Waals surface area (Å²) in [7, 11) is 0. The first-order valence-electron chi connectivity index (χ1n) is 7.13. The highest BCUT2D eigenvalue weighted by molar-refractivity contribution is 6.17. The topological polar surface area (TPSA) is 27.1 Å². The molecule has 3 rings (SSSR count). The predicted molar refractivity (Wildman–Crippen MR) is 86.2 cm³/mol. The van der Waals surface area contributed by atoms with Gasteiger partial charge in [-0.1, -0.05) is 24.3 Å². The summed E-state index contributed by atoms with van der Waals surface area (Å²) in [5.41, 5.74) is 3.43. The van der Waals surface area contributed by atoms with E-state index >= 15 is 0 Å². The van der Waals surface area contributed by atoms with Crippen LogP contribution < -0.4 is 4.74 Å². The Morgan fingerprint density at radius 1 is 1.22 bits per heavy atom. The van der Waals surface area contributed by atoms with E-state index in [0.29, 0.717) is 18.0 Å². The summed E-state index contributed by atoms with van der Waals surface area (Å²) in [6, 6.07) is 12.6. The van der Waals surface area contributed by atoms with Crippen molar-refractivity contribution in [1.29, 1.82) is 0 Å². The van der Waals surface area contributed by atoms with E-state index in [1.807, 2.05) is 29.7 Å². The highest BCUT2D eigenvalue weighted by Crippen LogP contribution is 2.25. The Morgan fingerprint density at radius 3 is 2.74 bits per heavy atom. The summed E-state index contributed by atoms with van der Waals surface area (Å²) in [6.45, 7) is -0.562. The molecule has 3 aromatic rings. The highest BCUT2D eigenvalue weighted by atomic mass is 35.5. The molecule has 23 heavy (non-hydrogen) atoms. The quantitative estimate of drug-likeness (QED) is 0.630. The second-order valence-corrected chi connectivity index (χ2v) is 5.46. The van der Waals surface area contributed by atoms with E-state index in [9.17, 15) is 8.78 Å². The Kier molecular flexibility index (Phi) is 4.48. The van der Waals surface area contributed by atoms with Crippen LogP contribution in [0, 0.1) is 6.92 Å². The Hall–Kier alpha value is -2.14. The van der Waals surface area contributed by atoms with Crippen LogP contribution in [-0.2, 0) is 12.4 Å². The van der Waals surface area contributed by atoms with Crippen molar-refractivity contribution >= 4 is 22.6 Å².